The fourth-order valence-corrected chi connectivity index (χ4v) is 1.21. The summed E-state index contributed by atoms with van der Waals surface area (Å²) >= 11 is 0. The lowest BCUT2D eigenvalue weighted by Crippen LogP contribution is -2.02. The van der Waals surface area contributed by atoms with Gasteiger partial charge in [0.05, 0.1) is 6.61 Å². The first kappa shape index (κ1) is 12.4. The van der Waals surface area contributed by atoms with Crippen molar-refractivity contribution in [3.63, 3.8) is 0 Å². The molecule has 0 saturated carbocycles. The third-order valence-corrected chi connectivity index (χ3v) is 2.12. The van der Waals surface area contributed by atoms with Crippen molar-refractivity contribution in [3.8, 4) is 0 Å². The zero-order chi connectivity index (χ0) is 11.1. The van der Waals surface area contributed by atoms with E-state index in [1.807, 2.05) is 30.3 Å². The smallest absolute Gasteiger partial charge is 0.354 e. The van der Waals surface area contributed by atoms with Crippen molar-refractivity contribution in [3.05, 3.63) is 35.9 Å². The van der Waals surface area contributed by atoms with E-state index in [-0.39, 0.29) is 0 Å². The molecule has 15 heavy (non-hydrogen) atoms. The summed E-state index contributed by atoms with van der Waals surface area (Å²) in [6.07, 6.45) is 0.686. The maximum absolute atomic E-state index is 10.3. The molecule has 0 spiro atoms. The third-order valence-electron chi connectivity index (χ3n) is 1.68. The van der Waals surface area contributed by atoms with Gasteiger partial charge in [0.1, 0.15) is 0 Å². The Morgan fingerprint density at radius 2 is 1.87 bits per heavy atom. The molecule has 0 aliphatic rings. The highest BCUT2D eigenvalue weighted by Crippen LogP contribution is 2.35. The first-order valence-electron chi connectivity index (χ1n) is 4.40. The predicted molar refractivity (Wildman–Crippen MR) is 54.1 cm³/mol. The standard InChI is InChI=1S/C9H13O5P/c10-15(11,12)14-8-13-7-6-9-4-2-1-3-5-9/h1-5H,6-8H2,(H2,10,11,12). The Hall–Kier alpha value is -0.710. The molecule has 0 heterocycles. The maximum atomic E-state index is 10.3. The fourth-order valence-electron chi connectivity index (χ4n) is 1.000. The van der Waals surface area contributed by atoms with E-state index >= 15 is 0 Å². The second-order valence-electron chi connectivity index (χ2n) is 2.88. The molecule has 0 amide bonds. The van der Waals surface area contributed by atoms with E-state index in [2.05, 4.69) is 4.52 Å². The molecular weight excluding hydrogens is 219 g/mol. The molecule has 0 saturated heterocycles. The normalized spacial score (nSPS) is 11.6. The van der Waals surface area contributed by atoms with Crippen molar-refractivity contribution in [2.24, 2.45) is 0 Å². The largest absolute Gasteiger partial charge is 0.471 e. The Morgan fingerprint density at radius 3 is 2.47 bits per heavy atom. The average Bonchev–Trinajstić information content (AvgIpc) is 2.17. The van der Waals surface area contributed by atoms with Crippen LogP contribution < -0.4 is 0 Å². The number of phosphoric ester groups is 1. The molecule has 1 rings (SSSR count). The third kappa shape index (κ3) is 6.38. The molecular formula is C9H13O5P. The van der Waals surface area contributed by atoms with Crippen molar-refractivity contribution in [2.45, 2.75) is 6.42 Å². The van der Waals surface area contributed by atoms with Crippen molar-refractivity contribution >= 4 is 7.82 Å². The Kier molecular flexibility index (Phi) is 4.94. The Morgan fingerprint density at radius 1 is 1.20 bits per heavy atom. The van der Waals surface area contributed by atoms with Gasteiger partial charge in [0, 0.05) is 0 Å². The molecule has 84 valence electrons. The van der Waals surface area contributed by atoms with E-state index in [1.165, 1.54) is 0 Å². The molecule has 0 aliphatic carbocycles. The number of hydrogen-bond acceptors (Lipinski definition) is 3. The second kappa shape index (κ2) is 6.00. The van der Waals surface area contributed by atoms with Crippen molar-refractivity contribution < 1.29 is 23.6 Å². The van der Waals surface area contributed by atoms with Gasteiger partial charge >= 0.3 is 7.82 Å². The molecule has 1 aromatic rings. The lowest BCUT2D eigenvalue weighted by Gasteiger charge is -2.06. The molecule has 2 N–H and O–H groups in total. The number of hydrogen-bond donors (Lipinski definition) is 2. The van der Waals surface area contributed by atoms with Gasteiger partial charge in [-0.1, -0.05) is 30.3 Å². The van der Waals surface area contributed by atoms with Gasteiger partial charge in [-0.15, -0.1) is 0 Å². The first-order valence-corrected chi connectivity index (χ1v) is 5.93. The molecule has 1 aromatic carbocycles. The monoisotopic (exact) mass is 232 g/mol. The quantitative estimate of drug-likeness (QED) is 0.439. The van der Waals surface area contributed by atoms with E-state index in [0.717, 1.165) is 5.56 Å². The van der Waals surface area contributed by atoms with Crippen LogP contribution in [0.1, 0.15) is 5.56 Å². The summed E-state index contributed by atoms with van der Waals surface area (Å²) in [5.41, 5.74) is 1.11. The van der Waals surface area contributed by atoms with Crippen LogP contribution in [0.25, 0.3) is 0 Å². The lowest BCUT2D eigenvalue weighted by molar-refractivity contribution is -0.000246. The van der Waals surface area contributed by atoms with Crippen LogP contribution in [0.4, 0.5) is 0 Å². The molecule has 0 bridgehead atoms. The van der Waals surface area contributed by atoms with E-state index in [1.54, 1.807) is 0 Å². The molecule has 5 nitrogen and oxygen atoms in total. The summed E-state index contributed by atoms with van der Waals surface area (Å²) in [7, 11) is -4.40. The molecule has 0 fully saturated rings. The van der Waals surface area contributed by atoms with Crippen molar-refractivity contribution in [1.29, 1.82) is 0 Å². The zero-order valence-electron chi connectivity index (χ0n) is 8.07. The summed E-state index contributed by atoms with van der Waals surface area (Å²) in [6, 6.07) is 9.66. The number of ether oxygens (including phenoxy) is 1. The summed E-state index contributed by atoms with van der Waals surface area (Å²) in [5, 5.41) is 0. The maximum Gasteiger partial charge on any atom is 0.471 e. The SMILES string of the molecule is O=P(O)(O)OCOCCc1ccccc1. The Balaban J connectivity index is 2.10. The first-order chi connectivity index (χ1) is 7.08. The summed E-state index contributed by atoms with van der Waals surface area (Å²) in [4.78, 5) is 16.7. The molecule has 0 atom stereocenters. The summed E-state index contributed by atoms with van der Waals surface area (Å²) in [5.74, 6) is 0. The molecule has 0 aliphatic heterocycles. The Labute approximate surface area is 87.9 Å². The molecule has 6 heteroatoms. The van der Waals surface area contributed by atoms with Gasteiger partial charge in [0.2, 0.25) is 0 Å². The van der Waals surface area contributed by atoms with Gasteiger partial charge in [0.25, 0.3) is 0 Å². The van der Waals surface area contributed by atoms with Crippen LogP contribution in [0.2, 0.25) is 0 Å². The summed E-state index contributed by atoms with van der Waals surface area (Å²) < 4.78 is 19.3. The van der Waals surface area contributed by atoms with Crippen LogP contribution in [0.15, 0.2) is 30.3 Å². The van der Waals surface area contributed by atoms with Crippen molar-refractivity contribution in [2.75, 3.05) is 13.4 Å². The molecule has 0 unspecified atom stereocenters. The second-order valence-corrected chi connectivity index (χ2v) is 4.12. The minimum Gasteiger partial charge on any atom is -0.354 e. The van der Waals surface area contributed by atoms with Crippen LogP contribution in [-0.2, 0) is 20.2 Å². The minimum absolute atomic E-state index is 0.365. The molecule has 0 radical (unpaired) electrons. The van der Waals surface area contributed by atoms with Crippen LogP contribution in [-0.4, -0.2) is 23.2 Å². The van der Waals surface area contributed by atoms with Crippen LogP contribution >= 0.6 is 7.82 Å². The number of benzene rings is 1. The minimum atomic E-state index is -4.40. The highest BCUT2D eigenvalue weighted by atomic mass is 31.2. The van der Waals surface area contributed by atoms with E-state index in [9.17, 15) is 4.57 Å². The predicted octanol–water partition coefficient (Wildman–Crippen LogP) is 1.31. The zero-order valence-corrected chi connectivity index (χ0v) is 8.97. The van der Waals surface area contributed by atoms with E-state index in [0.29, 0.717) is 13.0 Å². The van der Waals surface area contributed by atoms with Crippen molar-refractivity contribution in [1.82, 2.24) is 0 Å². The summed E-state index contributed by atoms with van der Waals surface area (Å²) in [6.45, 7) is -0.0267. The molecule has 0 aromatic heterocycles. The average molecular weight is 232 g/mol. The topological polar surface area (TPSA) is 76.0 Å². The van der Waals surface area contributed by atoms with E-state index < -0.39 is 14.6 Å². The Bertz CT molecular complexity index is 321. The lowest BCUT2D eigenvalue weighted by atomic mass is 10.2. The fraction of sp³-hybridized carbons (Fsp3) is 0.333. The number of phosphoric acid groups is 1. The van der Waals surface area contributed by atoms with E-state index in [4.69, 9.17) is 14.5 Å². The van der Waals surface area contributed by atoms with Crippen LogP contribution in [0, 0.1) is 0 Å². The van der Waals surface area contributed by atoms with Gasteiger partial charge in [0.15, 0.2) is 6.79 Å². The number of rotatable bonds is 6. The van der Waals surface area contributed by atoms with Gasteiger partial charge in [-0.25, -0.2) is 4.57 Å². The van der Waals surface area contributed by atoms with Gasteiger partial charge in [-0.3, -0.25) is 4.52 Å². The van der Waals surface area contributed by atoms with Gasteiger partial charge in [-0.2, -0.15) is 0 Å². The van der Waals surface area contributed by atoms with Gasteiger partial charge < -0.3 is 14.5 Å². The van der Waals surface area contributed by atoms with Crippen LogP contribution in [0.5, 0.6) is 0 Å². The van der Waals surface area contributed by atoms with Gasteiger partial charge in [-0.05, 0) is 12.0 Å². The van der Waals surface area contributed by atoms with Crippen LogP contribution in [0.3, 0.4) is 0 Å². The highest BCUT2D eigenvalue weighted by Gasteiger charge is 2.12. The highest BCUT2D eigenvalue weighted by molar-refractivity contribution is 7.46.